The summed E-state index contributed by atoms with van der Waals surface area (Å²) in [5.41, 5.74) is 2.20. The molecule has 3 aromatic rings. The molecule has 8 nitrogen and oxygen atoms in total. The van der Waals surface area contributed by atoms with E-state index in [4.69, 9.17) is 4.74 Å². The monoisotopic (exact) mass is 551 g/mol. The van der Waals surface area contributed by atoms with Crippen LogP contribution in [0.1, 0.15) is 31.9 Å². The molecule has 0 radical (unpaired) electrons. The molecule has 0 aliphatic heterocycles. The van der Waals surface area contributed by atoms with Crippen LogP contribution in [0.5, 0.6) is 5.75 Å². The molecule has 2 amide bonds. The number of carbonyl (C=O) groups is 2. The van der Waals surface area contributed by atoms with E-state index in [2.05, 4.69) is 5.32 Å². The number of hydrogen-bond acceptors (Lipinski definition) is 5. The molecule has 1 atom stereocenters. The van der Waals surface area contributed by atoms with Crippen molar-refractivity contribution < 1.29 is 22.7 Å². The quantitative estimate of drug-likeness (QED) is 0.364. The van der Waals surface area contributed by atoms with Crippen molar-refractivity contribution in [3.05, 3.63) is 90.0 Å². The minimum atomic E-state index is -4.13. The predicted molar refractivity (Wildman–Crippen MR) is 153 cm³/mol. The van der Waals surface area contributed by atoms with E-state index in [1.165, 1.54) is 24.1 Å². The lowest BCUT2D eigenvalue weighted by Crippen LogP contribution is -2.53. The fraction of sp³-hybridized carbons (Fsp3) is 0.333. The molecule has 0 saturated heterocycles. The fourth-order valence-corrected chi connectivity index (χ4v) is 5.51. The molecule has 0 fully saturated rings. The Labute approximate surface area is 231 Å². The molecule has 0 saturated carbocycles. The number of anilines is 1. The van der Waals surface area contributed by atoms with Gasteiger partial charge in [0.2, 0.25) is 11.8 Å². The van der Waals surface area contributed by atoms with E-state index < -0.39 is 28.5 Å². The summed E-state index contributed by atoms with van der Waals surface area (Å²) in [4.78, 5) is 28.3. The molecular weight excluding hydrogens is 514 g/mol. The second-order valence-corrected chi connectivity index (χ2v) is 11.6. The third kappa shape index (κ3) is 7.83. The number of aryl methyl sites for hydroxylation is 1. The fourth-order valence-electron chi connectivity index (χ4n) is 4.11. The van der Waals surface area contributed by atoms with Crippen molar-refractivity contribution in [1.82, 2.24) is 10.2 Å². The van der Waals surface area contributed by atoms with Crippen LogP contribution in [0.25, 0.3) is 0 Å². The molecule has 0 heterocycles. The van der Waals surface area contributed by atoms with E-state index in [-0.39, 0.29) is 29.1 Å². The van der Waals surface area contributed by atoms with E-state index >= 15 is 0 Å². The number of nitrogens with one attached hydrogen (secondary N) is 1. The molecule has 0 aromatic heterocycles. The summed E-state index contributed by atoms with van der Waals surface area (Å²) in [5.74, 6) is -0.341. The van der Waals surface area contributed by atoms with E-state index in [1.807, 2.05) is 51.1 Å². The summed E-state index contributed by atoms with van der Waals surface area (Å²) in [5, 5.41) is 2.86. The Balaban J connectivity index is 2.00. The second-order valence-electron chi connectivity index (χ2n) is 9.69. The first-order valence-corrected chi connectivity index (χ1v) is 14.3. The topological polar surface area (TPSA) is 96.0 Å². The Morgan fingerprint density at radius 3 is 2.21 bits per heavy atom. The predicted octanol–water partition coefficient (Wildman–Crippen LogP) is 4.18. The van der Waals surface area contributed by atoms with Crippen LogP contribution >= 0.6 is 0 Å². The lowest BCUT2D eigenvalue weighted by Gasteiger charge is -2.32. The maximum Gasteiger partial charge on any atom is 0.264 e. The number of benzene rings is 3. The molecule has 1 unspecified atom stereocenters. The first kappa shape index (κ1) is 29.7. The van der Waals surface area contributed by atoms with Crippen LogP contribution in [0.2, 0.25) is 0 Å². The minimum Gasteiger partial charge on any atom is -0.497 e. The average molecular weight is 552 g/mol. The van der Waals surface area contributed by atoms with Gasteiger partial charge in [-0.2, -0.15) is 0 Å². The molecule has 0 aliphatic rings. The number of nitrogens with zero attached hydrogens (tertiary/aromatic N) is 2. The molecule has 0 bridgehead atoms. The number of carbonyl (C=O) groups excluding carboxylic acids is 2. The summed E-state index contributed by atoms with van der Waals surface area (Å²) in [7, 11) is -2.64. The van der Waals surface area contributed by atoms with Gasteiger partial charge in [0.25, 0.3) is 10.0 Å². The van der Waals surface area contributed by atoms with Crippen LogP contribution in [0.4, 0.5) is 5.69 Å². The molecule has 0 aliphatic carbocycles. The number of methoxy groups -OCH3 is 1. The first-order chi connectivity index (χ1) is 18.5. The van der Waals surface area contributed by atoms with Crippen molar-refractivity contribution in [1.29, 1.82) is 0 Å². The molecule has 208 valence electrons. The Kier molecular flexibility index (Phi) is 10.1. The van der Waals surface area contributed by atoms with Crippen LogP contribution in [-0.2, 0) is 26.0 Å². The molecule has 39 heavy (non-hydrogen) atoms. The summed E-state index contributed by atoms with van der Waals surface area (Å²) in [6.45, 7) is 6.97. The van der Waals surface area contributed by atoms with Crippen LogP contribution in [0.3, 0.4) is 0 Å². The third-order valence-corrected chi connectivity index (χ3v) is 8.10. The highest BCUT2D eigenvalue weighted by Crippen LogP contribution is 2.27. The lowest BCUT2D eigenvalue weighted by molar-refractivity contribution is -0.139. The summed E-state index contributed by atoms with van der Waals surface area (Å²) in [6, 6.07) is 21.7. The van der Waals surface area contributed by atoms with Crippen LogP contribution in [-0.4, -0.2) is 57.4 Å². The number of amides is 2. The highest BCUT2D eigenvalue weighted by Gasteiger charge is 2.32. The maximum absolute atomic E-state index is 13.9. The highest BCUT2D eigenvalue weighted by molar-refractivity contribution is 7.92. The van der Waals surface area contributed by atoms with Gasteiger partial charge in [-0.15, -0.1) is 0 Å². The van der Waals surface area contributed by atoms with Crippen LogP contribution in [0.15, 0.2) is 83.8 Å². The lowest BCUT2D eigenvalue weighted by atomic mass is 10.1. The van der Waals surface area contributed by atoms with Crippen LogP contribution in [0, 0.1) is 6.92 Å². The SMILES string of the molecule is COc1cccc(N(CC(=O)N(CCc2ccccc2)C(C)C(=O)NC(C)C)S(=O)(=O)c2ccc(C)cc2)c1. The summed E-state index contributed by atoms with van der Waals surface area (Å²) in [6.07, 6.45) is 0.510. The van der Waals surface area contributed by atoms with Crippen molar-refractivity contribution >= 4 is 27.5 Å². The summed E-state index contributed by atoms with van der Waals surface area (Å²) >= 11 is 0. The van der Waals surface area contributed by atoms with Gasteiger partial charge in [0.1, 0.15) is 18.3 Å². The van der Waals surface area contributed by atoms with E-state index in [1.54, 1.807) is 43.3 Å². The highest BCUT2D eigenvalue weighted by atomic mass is 32.2. The number of ether oxygens (including phenoxy) is 1. The number of rotatable bonds is 12. The molecule has 3 aromatic carbocycles. The second kappa shape index (κ2) is 13.3. The first-order valence-electron chi connectivity index (χ1n) is 12.9. The Bertz CT molecular complexity index is 1360. The van der Waals surface area contributed by atoms with Gasteiger partial charge in [-0.05, 0) is 63.9 Å². The van der Waals surface area contributed by atoms with E-state index in [0.717, 1.165) is 15.4 Å². The molecule has 0 spiro atoms. The molecule has 3 rings (SSSR count). The van der Waals surface area contributed by atoms with Gasteiger partial charge in [0.15, 0.2) is 0 Å². The van der Waals surface area contributed by atoms with Gasteiger partial charge in [0.05, 0.1) is 17.7 Å². The van der Waals surface area contributed by atoms with Gasteiger partial charge in [0, 0.05) is 18.7 Å². The minimum absolute atomic E-state index is 0.0603. The van der Waals surface area contributed by atoms with Crippen molar-refractivity contribution in [2.75, 3.05) is 24.5 Å². The third-order valence-electron chi connectivity index (χ3n) is 6.31. The van der Waals surface area contributed by atoms with Crippen molar-refractivity contribution in [2.45, 2.75) is 51.1 Å². The zero-order chi connectivity index (χ0) is 28.6. The van der Waals surface area contributed by atoms with Crippen LogP contribution < -0.4 is 14.4 Å². The molecule has 1 N–H and O–H groups in total. The average Bonchev–Trinajstić information content (AvgIpc) is 2.92. The van der Waals surface area contributed by atoms with Gasteiger partial charge < -0.3 is 15.0 Å². The van der Waals surface area contributed by atoms with Gasteiger partial charge in [-0.3, -0.25) is 13.9 Å². The van der Waals surface area contributed by atoms with Crippen molar-refractivity contribution in [3.63, 3.8) is 0 Å². The Morgan fingerprint density at radius 1 is 0.923 bits per heavy atom. The van der Waals surface area contributed by atoms with E-state index in [9.17, 15) is 18.0 Å². The normalized spacial score (nSPS) is 12.1. The smallest absolute Gasteiger partial charge is 0.264 e. The molecule has 9 heteroatoms. The molecular formula is C30H37N3O5S. The maximum atomic E-state index is 13.9. The van der Waals surface area contributed by atoms with Gasteiger partial charge in [-0.1, -0.05) is 54.1 Å². The van der Waals surface area contributed by atoms with Crippen molar-refractivity contribution in [2.24, 2.45) is 0 Å². The van der Waals surface area contributed by atoms with Gasteiger partial charge in [-0.25, -0.2) is 8.42 Å². The van der Waals surface area contributed by atoms with Gasteiger partial charge >= 0.3 is 0 Å². The Hall–Kier alpha value is -3.85. The number of sulfonamides is 1. The Morgan fingerprint density at radius 2 is 1.59 bits per heavy atom. The zero-order valence-electron chi connectivity index (χ0n) is 23.1. The summed E-state index contributed by atoms with van der Waals surface area (Å²) < 4.78 is 34.1. The van der Waals surface area contributed by atoms with E-state index in [0.29, 0.717) is 12.2 Å². The van der Waals surface area contributed by atoms with Crippen molar-refractivity contribution in [3.8, 4) is 5.75 Å². The largest absolute Gasteiger partial charge is 0.497 e. The zero-order valence-corrected chi connectivity index (χ0v) is 23.9. The number of hydrogen-bond donors (Lipinski definition) is 1. The standard InChI is InChI=1S/C30H37N3O5S/c1-22(2)31-30(35)24(4)32(19-18-25-10-7-6-8-11-25)29(34)21-33(26-12-9-13-27(20-26)38-5)39(36,37)28-16-14-23(3)15-17-28/h6-17,20,22,24H,18-19,21H2,1-5H3,(H,31,35).